The van der Waals surface area contributed by atoms with Crippen LogP contribution in [0.15, 0.2) is 24.3 Å². The van der Waals surface area contributed by atoms with Gasteiger partial charge in [0.1, 0.15) is 0 Å². The van der Waals surface area contributed by atoms with E-state index in [0.717, 1.165) is 5.56 Å². The summed E-state index contributed by atoms with van der Waals surface area (Å²) in [6, 6.07) is 6.84. The Morgan fingerprint density at radius 2 is 1.95 bits per heavy atom. The molecule has 1 aromatic carbocycles. The van der Waals surface area contributed by atoms with Crippen LogP contribution in [0, 0.1) is 0 Å². The van der Waals surface area contributed by atoms with Crippen molar-refractivity contribution in [3.8, 4) is 0 Å². The normalized spacial score (nSPS) is 13.3. The minimum Gasteiger partial charge on any atom is -0.449 e. The van der Waals surface area contributed by atoms with Crippen molar-refractivity contribution in [1.82, 2.24) is 4.90 Å². The van der Waals surface area contributed by atoms with E-state index < -0.39 is 17.4 Å². The van der Waals surface area contributed by atoms with E-state index in [4.69, 9.17) is 16.3 Å². The zero-order valence-corrected chi connectivity index (χ0v) is 13.8. The van der Waals surface area contributed by atoms with Crippen LogP contribution in [0.25, 0.3) is 0 Å². The smallest absolute Gasteiger partial charge is 0.409 e. The van der Waals surface area contributed by atoms with Crippen LogP contribution in [0.4, 0.5) is 4.79 Å². The van der Waals surface area contributed by atoms with Gasteiger partial charge in [-0.1, -0.05) is 18.2 Å². The number of nitrogens with zero attached hydrogens (tertiary/aromatic N) is 1. The summed E-state index contributed by atoms with van der Waals surface area (Å²) in [6.07, 6.45) is -0.0385. The molecule has 0 radical (unpaired) electrons. The highest BCUT2D eigenvalue weighted by Gasteiger charge is 2.18. The van der Waals surface area contributed by atoms with Crippen LogP contribution in [0.2, 0.25) is 0 Å². The summed E-state index contributed by atoms with van der Waals surface area (Å²) in [4.78, 5) is 24.6. The van der Waals surface area contributed by atoms with E-state index in [1.807, 2.05) is 6.92 Å². The van der Waals surface area contributed by atoms with Crippen LogP contribution in [0.1, 0.15) is 36.2 Å². The molecule has 2 unspecified atom stereocenters. The number of hydrogen-bond acceptors (Lipinski definition) is 4. The summed E-state index contributed by atoms with van der Waals surface area (Å²) in [5, 5.41) is 8.81. The Morgan fingerprint density at radius 3 is 2.55 bits per heavy atom. The molecule has 2 atom stereocenters. The molecule has 0 aromatic heterocycles. The van der Waals surface area contributed by atoms with E-state index >= 15 is 0 Å². The highest BCUT2D eigenvalue weighted by Crippen LogP contribution is 2.13. The number of aliphatic hydroxyl groups is 1. The SMILES string of the molecule is CC(O)CC(C)N(C)C(=O)OCCc1ccccc1C(=O)Cl. The number of rotatable bonds is 7. The summed E-state index contributed by atoms with van der Waals surface area (Å²) in [5.41, 5.74) is 1.17. The van der Waals surface area contributed by atoms with Crippen molar-refractivity contribution < 1.29 is 19.4 Å². The third-order valence-electron chi connectivity index (χ3n) is 3.46. The Bertz CT molecular complexity index is 519. The fourth-order valence-corrected chi connectivity index (χ4v) is 2.30. The van der Waals surface area contributed by atoms with Gasteiger partial charge in [-0.15, -0.1) is 0 Å². The lowest BCUT2D eigenvalue weighted by Gasteiger charge is -2.25. The van der Waals surface area contributed by atoms with Gasteiger partial charge in [-0.25, -0.2) is 4.79 Å². The summed E-state index contributed by atoms with van der Waals surface area (Å²) < 4.78 is 5.20. The molecule has 122 valence electrons. The van der Waals surface area contributed by atoms with Gasteiger partial charge in [0.25, 0.3) is 5.24 Å². The van der Waals surface area contributed by atoms with Crippen molar-refractivity contribution in [2.24, 2.45) is 0 Å². The zero-order valence-electron chi connectivity index (χ0n) is 13.1. The highest BCUT2D eigenvalue weighted by atomic mass is 35.5. The highest BCUT2D eigenvalue weighted by molar-refractivity contribution is 6.67. The van der Waals surface area contributed by atoms with Gasteiger partial charge in [-0.3, -0.25) is 4.79 Å². The number of halogens is 1. The predicted molar refractivity (Wildman–Crippen MR) is 85.2 cm³/mol. The molecule has 0 aliphatic heterocycles. The molecule has 0 aliphatic carbocycles. The number of benzene rings is 1. The number of ether oxygens (including phenoxy) is 1. The van der Waals surface area contributed by atoms with Gasteiger partial charge in [-0.2, -0.15) is 0 Å². The number of amides is 1. The summed E-state index contributed by atoms with van der Waals surface area (Å²) in [7, 11) is 1.63. The van der Waals surface area contributed by atoms with Crippen molar-refractivity contribution in [3.63, 3.8) is 0 Å². The molecule has 0 heterocycles. The number of carbonyl (C=O) groups is 2. The van der Waals surface area contributed by atoms with Crippen molar-refractivity contribution >= 4 is 22.9 Å². The van der Waals surface area contributed by atoms with Crippen molar-refractivity contribution in [3.05, 3.63) is 35.4 Å². The molecule has 0 saturated carbocycles. The van der Waals surface area contributed by atoms with E-state index in [9.17, 15) is 14.7 Å². The van der Waals surface area contributed by atoms with Gasteiger partial charge in [-0.05, 0) is 43.5 Å². The molecule has 1 rings (SSSR count). The Kier molecular flexibility index (Phi) is 7.35. The zero-order chi connectivity index (χ0) is 16.7. The van der Waals surface area contributed by atoms with Crippen LogP contribution in [0.3, 0.4) is 0 Å². The Balaban J connectivity index is 2.50. The number of hydrogen-bond donors (Lipinski definition) is 1. The molecular formula is C16H22ClNO4. The molecule has 1 aromatic rings. The average Bonchev–Trinajstić information content (AvgIpc) is 2.45. The van der Waals surface area contributed by atoms with Gasteiger partial charge in [0.15, 0.2) is 0 Å². The lowest BCUT2D eigenvalue weighted by molar-refractivity contribution is 0.0857. The maximum absolute atomic E-state index is 11.9. The first kappa shape index (κ1) is 18.5. The molecule has 0 bridgehead atoms. The molecule has 6 heteroatoms. The topological polar surface area (TPSA) is 66.8 Å². The second-order valence-corrected chi connectivity index (χ2v) is 5.68. The quantitative estimate of drug-likeness (QED) is 0.782. The maximum atomic E-state index is 11.9. The second-order valence-electron chi connectivity index (χ2n) is 5.34. The second kappa shape index (κ2) is 8.76. The van der Waals surface area contributed by atoms with E-state index in [1.165, 1.54) is 4.90 Å². The fourth-order valence-electron chi connectivity index (χ4n) is 2.11. The van der Waals surface area contributed by atoms with Gasteiger partial charge >= 0.3 is 6.09 Å². The molecule has 0 saturated heterocycles. The molecule has 0 spiro atoms. The third-order valence-corrected chi connectivity index (χ3v) is 3.66. The number of carbonyl (C=O) groups excluding carboxylic acids is 2. The summed E-state index contributed by atoms with van der Waals surface area (Å²) in [6.45, 7) is 3.68. The van der Waals surface area contributed by atoms with Crippen molar-refractivity contribution in [2.75, 3.05) is 13.7 Å². The minimum absolute atomic E-state index is 0.121. The molecule has 1 amide bonds. The third kappa shape index (κ3) is 5.66. The van der Waals surface area contributed by atoms with Gasteiger partial charge < -0.3 is 14.7 Å². The maximum Gasteiger partial charge on any atom is 0.409 e. The Morgan fingerprint density at radius 1 is 1.32 bits per heavy atom. The summed E-state index contributed by atoms with van der Waals surface area (Å²) in [5.74, 6) is 0. The van der Waals surface area contributed by atoms with Gasteiger partial charge in [0, 0.05) is 25.1 Å². The first-order valence-corrected chi connectivity index (χ1v) is 7.56. The molecule has 5 nitrogen and oxygen atoms in total. The van der Waals surface area contributed by atoms with Crippen LogP contribution < -0.4 is 0 Å². The monoisotopic (exact) mass is 327 g/mol. The molecule has 0 fully saturated rings. The van der Waals surface area contributed by atoms with E-state index in [0.29, 0.717) is 18.4 Å². The standard InChI is InChI=1S/C16H22ClNO4/c1-11(10-12(2)19)18(3)16(21)22-9-8-13-6-4-5-7-14(13)15(17)20/h4-7,11-12,19H,8-10H2,1-3H3. The lowest BCUT2D eigenvalue weighted by atomic mass is 10.1. The first-order valence-electron chi connectivity index (χ1n) is 7.18. The average molecular weight is 328 g/mol. The first-order chi connectivity index (χ1) is 10.3. The van der Waals surface area contributed by atoms with Gasteiger partial charge in [0.2, 0.25) is 0 Å². The van der Waals surface area contributed by atoms with Crippen molar-refractivity contribution in [1.29, 1.82) is 0 Å². The molecule has 22 heavy (non-hydrogen) atoms. The number of aliphatic hydroxyl groups excluding tert-OH is 1. The van der Waals surface area contributed by atoms with Crippen LogP contribution in [0.5, 0.6) is 0 Å². The summed E-state index contributed by atoms with van der Waals surface area (Å²) >= 11 is 5.51. The van der Waals surface area contributed by atoms with Crippen molar-refractivity contribution in [2.45, 2.75) is 38.8 Å². The molecule has 0 aliphatic rings. The Labute approximate surface area is 135 Å². The van der Waals surface area contributed by atoms with Crippen LogP contribution in [-0.4, -0.2) is 47.1 Å². The fraction of sp³-hybridized carbons (Fsp3) is 0.500. The minimum atomic E-state index is -0.524. The lowest BCUT2D eigenvalue weighted by Crippen LogP contribution is -2.37. The van der Waals surface area contributed by atoms with Gasteiger partial charge in [0.05, 0.1) is 12.7 Å². The predicted octanol–water partition coefficient (Wildman–Crippen LogP) is 2.84. The van der Waals surface area contributed by atoms with Crippen LogP contribution >= 0.6 is 11.6 Å². The van der Waals surface area contributed by atoms with E-state index in [1.54, 1.807) is 38.2 Å². The molecular weight excluding hydrogens is 306 g/mol. The largest absolute Gasteiger partial charge is 0.449 e. The Hall–Kier alpha value is -1.59. The molecule has 1 N–H and O–H groups in total. The van der Waals surface area contributed by atoms with E-state index in [-0.39, 0.29) is 12.6 Å². The van der Waals surface area contributed by atoms with Crippen LogP contribution in [-0.2, 0) is 11.2 Å². The van der Waals surface area contributed by atoms with E-state index in [2.05, 4.69) is 0 Å².